The minimum Gasteiger partial charge on any atom is -0.467 e. The third-order valence-corrected chi connectivity index (χ3v) is 4.46. The van der Waals surface area contributed by atoms with Gasteiger partial charge in [0.05, 0.1) is 11.5 Å². The third-order valence-electron chi connectivity index (χ3n) is 4.19. The molecule has 1 atom stereocenters. The first kappa shape index (κ1) is 22.3. The summed E-state index contributed by atoms with van der Waals surface area (Å²) in [5, 5.41) is 2.69. The minimum atomic E-state index is -4.52. The van der Waals surface area contributed by atoms with E-state index < -0.39 is 12.8 Å². The van der Waals surface area contributed by atoms with Crippen molar-refractivity contribution in [1.29, 1.82) is 0 Å². The molecular formula is C18H23ClF3N3O3. The normalized spacial score (nSPS) is 17.5. The molecule has 1 aromatic rings. The molecule has 0 saturated carbocycles. The van der Waals surface area contributed by atoms with Gasteiger partial charge in [0.1, 0.15) is 5.02 Å². The molecule has 1 aliphatic heterocycles. The largest absolute Gasteiger partial charge is 0.467 e. The lowest BCUT2D eigenvalue weighted by atomic mass is 9.96. The maximum atomic E-state index is 12.7. The van der Waals surface area contributed by atoms with Crippen molar-refractivity contribution in [1.82, 2.24) is 15.2 Å². The van der Waals surface area contributed by atoms with Gasteiger partial charge < -0.3 is 15.0 Å². The number of hydrogen-bond acceptors (Lipinski definition) is 4. The fraction of sp³-hybridized carbons (Fsp3) is 0.611. The lowest BCUT2D eigenvalue weighted by molar-refractivity contribution is -0.154. The molecule has 0 spiro atoms. The van der Waals surface area contributed by atoms with Gasteiger partial charge in [-0.3, -0.25) is 9.59 Å². The van der Waals surface area contributed by atoms with E-state index in [9.17, 15) is 22.8 Å². The van der Waals surface area contributed by atoms with Crippen LogP contribution in [0.15, 0.2) is 12.3 Å². The second-order valence-corrected chi connectivity index (χ2v) is 7.55. The van der Waals surface area contributed by atoms with Gasteiger partial charge in [0.15, 0.2) is 6.61 Å². The summed E-state index contributed by atoms with van der Waals surface area (Å²) in [6.45, 7) is 3.80. The highest BCUT2D eigenvalue weighted by Crippen LogP contribution is 2.26. The predicted octanol–water partition coefficient (Wildman–Crippen LogP) is 3.30. The zero-order chi connectivity index (χ0) is 20.9. The van der Waals surface area contributed by atoms with Crippen LogP contribution < -0.4 is 10.1 Å². The van der Waals surface area contributed by atoms with Gasteiger partial charge in [-0.1, -0.05) is 25.4 Å². The van der Waals surface area contributed by atoms with Crippen molar-refractivity contribution in [2.24, 2.45) is 11.8 Å². The van der Waals surface area contributed by atoms with Crippen molar-refractivity contribution in [3.8, 4) is 5.88 Å². The van der Waals surface area contributed by atoms with Gasteiger partial charge in [-0.2, -0.15) is 13.2 Å². The Bertz CT molecular complexity index is 713. The Balaban J connectivity index is 2.00. The lowest BCUT2D eigenvalue weighted by Gasteiger charge is -2.32. The van der Waals surface area contributed by atoms with E-state index in [0.717, 1.165) is 6.20 Å². The van der Waals surface area contributed by atoms with Crippen molar-refractivity contribution in [2.75, 3.05) is 26.2 Å². The van der Waals surface area contributed by atoms with Crippen molar-refractivity contribution >= 4 is 23.4 Å². The molecule has 1 aromatic heterocycles. The van der Waals surface area contributed by atoms with Gasteiger partial charge >= 0.3 is 6.18 Å². The Labute approximate surface area is 166 Å². The molecule has 156 valence electrons. The summed E-state index contributed by atoms with van der Waals surface area (Å²) in [6.07, 6.45) is -2.02. The van der Waals surface area contributed by atoms with Crippen molar-refractivity contribution in [3.05, 3.63) is 22.8 Å². The number of hydrogen-bond donors (Lipinski definition) is 1. The monoisotopic (exact) mass is 421 g/mol. The van der Waals surface area contributed by atoms with Gasteiger partial charge in [-0.15, -0.1) is 0 Å². The molecule has 0 radical (unpaired) electrons. The van der Waals surface area contributed by atoms with Gasteiger partial charge in [0.2, 0.25) is 11.8 Å². The highest BCUT2D eigenvalue weighted by molar-refractivity contribution is 6.32. The van der Waals surface area contributed by atoms with Crippen LogP contribution in [-0.4, -0.2) is 54.1 Å². The van der Waals surface area contributed by atoms with Crippen molar-refractivity contribution in [2.45, 2.75) is 32.9 Å². The van der Waals surface area contributed by atoms with E-state index in [1.54, 1.807) is 0 Å². The SMILES string of the molecule is CC(C)CNC(=O)C1CCCN(C(=O)c2cnc(OCC(F)(F)F)c(Cl)c2)C1. The fourth-order valence-electron chi connectivity index (χ4n) is 2.81. The second-order valence-electron chi connectivity index (χ2n) is 7.14. The maximum absolute atomic E-state index is 12.7. The average molecular weight is 422 g/mol. The third kappa shape index (κ3) is 6.54. The topological polar surface area (TPSA) is 71.5 Å². The summed E-state index contributed by atoms with van der Waals surface area (Å²) < 4.78 is 41.2. The van der Waals surface area contributed by atoms with Crippen LogP contribution >= 0.6 is 11.6 Å². The van der Waals surface area contributed by atoms with E-state index >= 15 is 0 Å². The number of alkyl halides is 3. The highest BCUT2D eigenvalue weighted by atomic mass is 35.5. The summed E-state index contributed by atoms with van der Waals surface area (Å²) in [4.78, 5) is 30.2. The summed E-state index contributed by atoms with van der Waals surface area (Å²) in [6, 6.07) is 1.23. The quantitative estimate of drug-likeness (QED) is 0.765. The summed E-state index contributed by atoms with van der Waals surface area (Å²) in [5.41, 5.74) is 0.132. The van der Waals surface area contributed by atoms with Gasteiger partial charge in [0.25, 0.3) is 5.91 Å². The number of amides is 2. The molecule has 1 unspecified atom stereocenters. The number of carbonyl (C=O) groups excluding carboxylic acids is 2. The first-order chi connectivity index (χ1) is 13.1. The fourth-order valence-corrected chi connectivity index (χ4v) is 3.03. The van der Waals surface area contributed by atoms with Crippen LogP contribution in [0.1, 0.15) is 37.0 Å². The average Bonchev–Trinajstić information content (AvgIpc) is 2.63. The molecule has 6 nitrogen and oxygen atoms in total. The Hall–Kier alpha value is -2.03. The van der Waals surface area contributed by atoms with Crippen LogP contribution in [0.3, 0.4) is 0 Å². The van der Waals surface area contributed by atoms with E-state index in [-0.39, 0.29) is 40.7 Å². The van der Waals surface area contributed by atoms with Crippen LogP contribution in [0.4, 0.5) is 13.2 Å². The molecule has 1 fully saturated rings. The molecule has 28 heavy (non-hydrogen) atoms. The Morgan fingerprint density at radius 3 is 2.75 bits per heavy atom. The zero-order valence-electron chi connectivity index (χ0n) is 15.7. The first-order valence-electron chi connectivity index (χ1n) is 8.99. The predicted molar refractivity (Wildman–Crippen MR) is 97.3 cm³/mol. The Morgan fingerprint density at radius 1 is 1.43 bits per heavy atom. The Morgan fingerprint density at radius 2 is 2.14 bits per heavy atom. The van der Waals surface area contributed by atoms with E-state index in [1.165, 1.54) is 11.0 Å². The molecule has 1 N–H and O–H groups in total. The van der Waals surface area contributed by atoms with E-state index in [1.807, 2.05) is 13.8 Å². The van der Waals surface area contributed by atoms with Crippen molar-refractivity contribution in [3.63, 3.8) is 0 Å². The summed E-state index contributed by atoms with van der Waals surface area (Å²) in [7, 11) is 0. The standard InChI is InChI=1S/C18H23ClF3N3O3/c1-11(2)7-23-15(26)12-4-3-5-25(9-12)17(27)13-6-14(19)16(24-8-13)28-10-18(20,21)22/h6,8,11-12H,3-5,7,9-10H2,1-2H3,(H,23,26). The number of rotatable bonds is 6. The van der Waals surface area contributed by atoms with E-state index in [4.69, 9.17) is 11.6 Å². The number of aromatic nitrogens is 1. The zero-order valence-corrected chi connectivity index (χ0v) is 16.4. The molecule has 2 amide bonds. The number of pyridine rings is 1. The molecule has 10 heteroatoms. The smallest absolute Gasteiger partial charge is 0.422 e. The Kier molecular flexibility index (Phi) is 7.51. The van der Waals surface area contributed by atoms with Gasteiger partial charge in [-0.25, -0.2) is 4.98 Å². The van der Waals surface area contributed by atoms with Gasteiger partial charge in [-0.05, 0) is 24.8 Å². The van der Waals surface area contributed by atoms with E-state index in [0.29, 0.717) is 31.8 Å². The number of carbonyl (C=O) groups is 2. The summed E-state index contributed by atoms with van der Waals surface area (Å²) >= 11 is 5.90. The number of likely N-dealkylation sites (tertiary alicyclic amines) is 1. The van der Waals surface area contributed by atoms with Crippen LogP contribution in [0, 0.1) is 11.8 Å². The maximum Gasteiger partial charge on any atom is 0.422 e. The van der Waals surface area contributed by atoms with Crippen LogP contribution in [-0.2, 0) is 4.79 Å². The number of nitrogens with one attached hydrogen (secondary N) is 1. The van der Waals surface area contributed by atoms with E-state index in [2.05, 4.69) is 15.0 Å². The molecular weight excluding hydrogens is 399 g/mol. The number of nitrogens with zero attached hydrogens (tertiary/aromatic N) is 2. The van der Waals surface area contributed by atoms with Crippen molar-refractivity contribution < 1.29 is 27.5 Å². The van der Waals surface area contributed by atoms with Crippen LogP contribution in [0.5, 0.6) is 5.88 Å². The van der Waals surface area contributed by atoms with Gasteiger partial charge in [0, 0.05) is 25.8 Å². The lowest BCUT2D eigenvalue weighted by Crippen LogP contribution is -2.46. The molecule has 2 rings (SSSR count). The first-order valence-corrected chi connectivity index (χ1v) is 9.36. The molecule has 1 aliphatic rings. The highest BCUT2D eigenvalue weighted by Gasteiger charge is 2.31. The van der Waals surface area contributed by atoms with Crippen LogP contribution in [0.25, 0.3) is 0 Å². The molecule has 1 saturated heterocycles. The minimum absolute atomic E-state index is 0.0849. The second kappa shape index (κ2) is 9.45. The number of halogens is 4. The molecule has 0 aliphatic carbocycles. The molecule has 2 heterocycles. The number of ether oxygens (including phenoxy) is 1. The summed E-state index contributed by atoms with van der Waals surface area (Å²) in [5.74, 6) is -0.817. The molecule has 0 aromatic carbocycles. The molecule has 0 bridgehead atoms. The van der Waals surface area contributed by atoms with Crippen LogP contribution in [0.2, 0.25) is 5.02 Å². The number of piperidine rings is 1.